The summed E-state index contributed by atoms with van der Waals surface area (Å²) in [6.45, 7) is 4.60. The van der Waals surface area contributed by atoms with Gasteiger partial charge in [0.15, 0.2) is 6.61 Å². The number of esters is 3. The summed E-state index contributed by atoms with van der Waals surface area (Å²) < 4.78 is 25.9. The maximum absolute atomic E-state index is 13.8. The maximum atomic E-state index is 13.8. The van der Waals surface area contributed by atoms with Crippen molar-refractivity contribution in [3.8, 4) is 5.75 Å². The van der Waals surface area contributed by atoms with Crippen LogP contribution in [0.2, 0.25) is 0 Å². The third-order valence-electron chi connectivity index (χ3n) is 6.58. The Kier molecular flexibility index (Phi) is 13.3. The van der Waals surface area contributed by atoms with E-state index in [9.17, 15) is 24.0 Å². The van der Waals surface area contributed by atoms with Crippen LogP contribution >= 0.6 is 0 Å². The molecule has 0 unspecified atom stereocenters. The minimum Gasteiger partial charge on any atom is -0.481 e. The van der Waals surface area contributed by atoms with Crippen LogP contribution < -0.4 is 15.4 Å². The second-order valence-electron chi connectivity index (χ2n) is 11.4. The zero-order chi connectivity index (χ0) is 34.4. The summed E-state index contributed by atoms with van der Waals surface area (Å²) in [5.74, 6) is -2.75. The van der Waals surface area contributed by atoms with Gasteiger partial charge in [-0.2, -0.15) is 0 Å². The van der Waals surface area contributed by atoms with Gasteiger partial charge in [0.05, 0.1) is 14.2 Å². The van der Waals surface area contributed by atoms with Gasteiger partial charge in [-0.3, -0.25) is 4.79 Å². The van der Waals surface area contributed by atoms with Gasteiger partial charge in [0.2, 0.25) is 5.91 Å². The number of methoxy groups -OCH3 is 2. The molecule has 3 aromatic carbocycles. The number of alkyl carbamates (subject to hydrolysis) is 1. The Morgan fingerprint density at radius 2 is 1.34 bits per heavy atom. The van der Waals surface area contributed by atoms with Crippen LogP contribution in [0.4, 0.5) is 4.79 Å². The molecule has 12 heteroatoms. The number of amides is 2. The van der Waals surface area contributed by atoms with Gasteiger partial charge in [0, 0.05) is 12.8 Å². The van der Waals surface area contributed by atoms with Crippen molar-refractivity contribution in [2.24, 2.45) is 0 Å². The highest BCUT2D eigenvalue weighted by molar-refractivity contribution is 5.93. The van der Waals surface area contributed by atoms with Gasteiger partial charge in [-0.15, -0.1) is 0 Å². The molecule has 0 saturated carbocycles. The Labute approximate surface area is 273 Å². The first-order chi connectivity index (χ1) is 22.4. The molecule has 0 aliphatic heterocycles. The van der Waals surface area contributed by atoms with Crippen LogP contribution in [0.15, 0.2) is 78.9 Å². The van der Waals surface area contributed by atoms with Gasteiger partial charge >= 0.3 is 24.0 Å². The molecular weight excluding hydrogens is 608 g/mol. The van der Waals surface area contributed by atoms with Gasteiger partial charge in [-0.1, -0.05) is 66.7 Å². The van der Waals surface area contributed by atoms with Crippen LogP contribution in [0.25, 0.3) is 0 Å². The van der Waals surface area contributed by atoms with E-state index in [4.69, 9.17) is 18.9 Å². The molecule has 2 atom stereocenters. The number of hydrogen-bond donors (Lipinski definition) is 2. The Hall–Kier alpha value is -5.39. The Morgan fingerprint density at radius 3 is 1.94 bits per heavy atom. The molecule has 2 amide bonds. The largest absolute Gasteiger partial charge is 0.481 e. The highest BCUT2D eigenvalue weighted by Crippen LogP contribution is 2.23. The average Bonchev–Trinajstić information content (AvgIpc) is 3.05. The molecule has 0 fully saturated rings. The van der Waals surface area contributed by atoms with Crippen molar-refractivity contribution >= 4 is 29.9 Å². The molecule has 0 aliphatic rings. The van der Waals surface area contributed by atoms with Gasteiger partial charge in [0.25, 0.3) is 0 Å². The third kappa shape index (κ3) is 12.1. The normalized spacial score (nSPS) is 12.1. The van der Waals surface area contributed by atoms with E-state index in [0.717, 1.165) is 11.1 Å². The molecular formula is C35H40N2O10. The number of ether oxygens (including phenoxy) is 5. The minimum atomic E-state index is -1.24. The molecule has 47 heavy (non-hydrogen) atoms. The molecule has 0 bridgehead atoms. The monoisotopic (exact) mass is 648 g/mol. The molecule has 0 radical (unpaired) electrons. The number of hydrogen-bond acceptors (Lipinski definition) is 10. The fourth-order valence-electron chi connectivity index (χ4n) is 4.33. The lowest BCUT2D eigenvalue weighted by molar-refractivity contribution is -0.149. The lowest BCUT2D eigenvalue weighted by Crippen LogP contribution is -2.54. The smallest absolute Gasteiger partial charge is 0.408 e. The molecule has 0 aromatic heterocycles. The zero-order valence-corrected chi connectivity index (χ0v) is 27.1. The summed E-state index contributed by atoms with van der Waals surface area (Å²) >= 11 is 0. The number of nitrogens with one attached hydrogen (secondary N) is 2. The summed E-state index contributed by atoms with van der Waals surface area (Å²) in [6, 6.07) is 20.2. The van der Waals surface area contributed by atoms with E-state index in [1.807, 2.05) is 12.1 Å². The molecule has 0 spiro atoms. The predicted octanol–water partition coefficient (Wildman–Crippen LogP) is 3.93. The van der Waals surface area contributed by atoms with Crippen molar-refractivity contribution in [1.82, 2.24) is 10.6 Å². The van der Waals surface area contributed by atoms with Crippen LogP contribution in [-0.2, 0) is 52.8 Å². The van der Waals surface area contributed by atoms with Crippen LogP contribution in [0.3, 0.4) is 0 Å². The van der Waals surface area contributed by atoms with Crippen LogP contribution in [0, 0.1) is 0 Å². The second kappa shape index (κ2) is 17.3. The summed E-state index contributed by atoms with van der Waals surface area (Å²) in [5.41, 5.74) is 1.12. The lowest BCUT2D eigenvalue weighted by atomic mass is 10.0. The van der Waals surface area contributed by atoms with Gasteiger partial charge in [0.1, 0.15) is 35.6 Å². The maximum Gasteiger partial charge on any atom is 0.408 e. The van der Waals surface area contributed by atoms with Crippen molar-refractivity contribution in [1.29, 1.82) is 0 Å². The number of carbonyl (C=O) groups is 5. The van der Waals surface area contributed by atoms with E-state index in [1.165, 1.54) is 26.4 Å². The summed E-state index contributed by atoms with van der Waals surface area (Å²) in [6.07, 6.45) is -0.802. The summed E-state index contributed by atoms with van der Waals surface area (Å²) in [5, 5.41) is 5.34. The van der Waals surface area contributed by atoms with E-state index < -0.39 is 54.2 Å². The first-order valence-electron chi connectivity index (χ1n) is 14.8. The molecule has 0 aliphatic carbocycles. The standard InChI is InChI=1S/C35H40N2O10/c1-35(2,3)47-34(42)37-27(19-23-12-8-6-9-13-23)31(39)36-28(33(41)46-21-24-14-10-7-11-15-24)20-25-16-17-29(45-22-30(38)43-4)26(18-25)32(40)44-5/h6-18,27-28H,19-22H2,1-5H3,(H,36,39)(H,37,42)/t27-,28-/m0/s1. The molecule has 2 N–H and O–H groups in total. The van der Waals surface area contributed by atoms with Crippen molar-refractivity contribution in [2.45, 2.75) is 57.9 Å². The summed E-state index contributed by atoms with van der Waals surface area (Å²) in [7, 11) is 2.39. The lowest BCUT2D eigenvalue weighted by Gasteiger charge is -2.25. The van der Waals surface area contributed by atoms with Crippen LogP contribution in [0.1, 0.15) is 47.8 Å². The first-order valence-corrected chi connectivity index (χ1v) is 14.8. The first kappa shape index (κ1) is 36.1. The highest BCUT2D eigenvalue weighted by Gasteiger charge is 2.30. The molecule has 12 nitrogen and oxygen atoms in total. The molecule has 0 heterocycles. The van der Waals surface area contributed by atoms with Gasteiger partial charge in [-0.05, 0) is 49.6 Å². The van der Waals surface area contributed by atoms with E-state index in [2.05, 4.69) is 15.4 Å². The Bertz CT molecular complexity index is 1520. The van der Waals surface area contributed by atoms with Crippen molar-refractivity contribution < 1.29 is 47.7 Å². The van der Waals surface area contributed by atoms with Crippen molar-refractivity contribution in [3.63, 3.8) is 0 Å². The average molecular weight is 649 g/mol. The SMILES string of the molecule is COC(=O)COc1ccc(C[C@H](NC(=O)[C@H](Cc2ccccc2)NC(=O)OC(C)(C)C)C(=O)OCc2ccccc2)cc1C(=O)OC. The van der Waals surface area contributed by atoms with Crippen LogP contribution in [0.5, 0.6) is 5.75 Å². The second-order valence-corrected chi connectivity index (χ2v) is 11.4. The minimum absolute atomic E-state index is 0.00909. The van der Waals surface area contributed by atoms with E-state index in [1.54, 1.807) is 75.4 Å². The molecule has 0 saturated heterocycles. The number of carbonyl (C=O) groups excluding carboxylic acids is 5. The molecule has 3 aromatic rings. The van der Waals surface area contributed by atoms with Gasteiger partial charge < -0.3 is 34.3 Å². The van der Waals surface area contributed by atoms with E-state index >= 15 is 0 Å². The topological polar surface area (TPSA) is 156 Å². The zero-order valence-electron chi connectivity index (χ0n) is 27.1. The predicted molar refractivity (Wildman–Crippen MR) is 170 cm³/mol. The quantitative estimate of drug-likeness (QED) is 0.194. The molecule has 250 valence electrons. The Morgan fingerprint density at radius 1 is 0.723 bits per heavy atom. The van der Waals surface area contributed by atoms with Crippen molar-refractivity contribution in [3.05, 3.63) is 101 Å². The fourth-order valence-corrected chi connectivity index (χ4v) is 4.33. The number of benzene rings is 3. The Balaban J connectivity index is 1.91. The van der Waals surface area contributed by atoms with E-state index in [-0.39, 0.29) is 30.8 Å². The highest BCUT2D eigenvalue weighted by atomic mass is 16.6. The third-order valence-corrected chi connectivity index (χ3v) is 6.58. The van der Waals surface area contributed by atoms with Gasteiger partial charge in [-0.25, -0.2) is 19.2 Å². The fraction of sp³-hybridized carbons (Fsp3) is 0.343. The van der Waals surface area contributed by atoms with Crippen molar-refractivity contribution in [2.75, 3.05) is 20.8 Å². The number of rotatable bonds is 14. The summed E-state index contributed by atoms with van der Waals surface area (Å²) in [4.78, 5) is 64.2. The van der Waals surface area contributed by atoms with E-state index in [0.29, 0.717) is 5.56 Å². The van der Waals surface area contributed by atoms with Crippen LogP contribution in [-0.4, -0.2) is 68.4 Å². The molecule has 3 rings (SSSR count).